The molecule has 0 aliphatic carbocycles. The number of phenols is 1. The first-order valence-electron chi connectivity index (χ1n) is 8.56. The fourth-order valence-electron chi connectivity index (χ4n) is 2.78. The normalized spacial score (nSPS) is 15.8. The van der Waals surface area contributed by atoms with Gasteiger partial charge in [-0.2, -0.15) is 23.3 Å². The lowest BCUT2D eigenvalue weighted by Gasteiger charge is -2.14. The number of hydrogen-bond acceptors (Lipinski definition) is 4. The second-order valence-corrected chi connectivity index (χ2v) is 6.60. The van der Waals surface area contributed by atoms with Crippen LogP contribution in [0, 0.1) is 0 Å². The second-order valence-electron chi connectivity index (χ2n) is 6.19. The minimum Gasteiger partial charge on any atom is -0.503 e. The quantitative estimate of drug-likeness (QED) is 0.680. The van der Waals surface area contributed by atoms with Gasteiger partial charge in [0.25, 0.3) is 5.91 Å². The molecule has 152 valence electrons. The van der Waals surface area contributed by atoms with Crippen LogP contribution in [0.15, 0.2) is 47.1 Å². The molecule has 0 saturated carbocycles. The summed E-state index contributed by atoms with van der Waals surface area (Å²) < 4.78 is 44.2. The summed E-state index contributed by atoms with van der Waals surface area (Å²) in [5.41, 5.74) is 0.118. The van der Waals surface area contributed by atoms with Gasteiger partial charge in [-0.15, -0.1) is 0 Å². The van der Waals surface area contributed by atoms with E-state index in [9.17, 15) is 23.1 Å². The molecule has 0 spiro atoms. The Hall–Kier alpha value is -3.00. The van der Waals surface area contributed by atoms with E-state index >= 15 is 0 Å². The highest BCUT2D eigenvalue weighted by Gasteiger charge is 2.33. The molecular weight excluding hydrogens is 409 g/mol. The van der Waals surface area contributed by atoms with Crippen molar-refractivity contribution in [2.45, 2.75) is 20.0 Å². The summed E-state index contributed by atoms with van der Waals surface area (Å²) in [6.45, 7) is 3.61. The number of carbonyl (C=O) groups excluding carboxylic acids is 1. The third-order valence-electron chi connectivity index (χ3n) is 4.14. The molecule has 0 bridgehead atoms. The van der Waals surface area contributed by atoms with E-state index in [-0.39, 0.29) is 27.8 Å². The number of benzene rings is 2. The number of ether oxygens (including phenoxy) is 1. The van der Waals surface area contributed by atoms with Crippen LogP contribution in [0.3, 0.4) is 0 Å². The smallest absolute Gasteiger partial charge is 0.416 e. The average molecular weight is 425 g/mol. The Kier molecular flexibility index (Phi) is 5.57. The number of hydrogen-bond donors (Lipinski definition) is 1. The Morgan fingerprint density at radius 1 is 1.28 bits per heavy atom. The molecule has 1 N–H and O–H groups in total. The van der Waals surface area contributed by atoms with Crippen molar-refractivity contribution < 1.29 is 27.8 Å². The van der Waals surface area contributed by atoms with Crippen LogP contribution in [0.25, 0.3) is 6.08 Å². The van der Waals surface area contributed by atoms with E-state index in [4.69, 9.17) is 16.3 Å². The summed E-state index contributed by atoms with van der Waals surface area (Å²) in [7, 11) is 0. The number of nitrogens with zero attached hydrogens (tertiary/aromatic N) is 2. The van der Waals surface area contributed by atoms with Gasteiger partial charge in [0.2, 0.25) is 0 Å². The lowest BCUT2D eigenvalue weighted by molar-refractivity contribution is -0.137. The van der Waals surface area contributed by atoms with Crippen LogP contribution < -0.4 is 9.75 Å². The summed E-state index contributed by atoms with van der Waals surface area (Å²) in [5, 5.41) is 15.0. The molecule has 1 aliphatic rings. The molecule has 0 fully saturated rings. The largest absolute Gasteiger partial charge is 0.503 e. The first-order chi connectivity index (χ1) is 13.6. The molecule has 5 nitrogen and oxygen atoms in total. The highest BCUT2D eigenvalue weighted by Crippen LogP contribution is 2.37. The Labute approximate surface area is 169 Å². The van der Waals surface area contributed by atoms with Crippen LogP contribution in [-0.2, 0) is 11.0 Å². The van der Waals surface area contributed by atoms with E-state index in [1.807, 2.05) is 0 Å². The van der Waals surface area contributed by atoms with Crippen molar-refractivity contribution in [2.75, 3.05) is 11.6 Å². The molecule has 9 heteroatoms. The molecule has 2 aromatic rings. The van der Waals surface area contributed by atoms with Crippen LogP contribution in [0.1, 0.15) is 25.0 Å². The topological polar surface area (TPSA) is 62.1 Å². The van der Waals surface area contributed by atoms with Crippen LogP contribution >= 0.6 is 11.6 Å². The Bertz CT molecular complexity index is 1030. The van der Waals surface area contributed by atoms with Crippen molar-refractivity contribution in [1.82, 2.24) is 0 Å². The van der Waals surface area contributed by atoms with Gasteiger partial charge in [0.1, 0.15) is 0 Å². The van der Waals surface area contributed by atoms with Gasteiger partial charge in [-0.25, -0.2) is 0 Å². The number of carbonyl (C=O) groups is 1. The number of hydrazone groups is 1. The molecule has 29 heavy (non-hydrogen) atoms. The summed E-state index contributed by atoms with van der Waals surface area (Å²) in [6, 6.07) is 7.32. The molecule has 3 rings (SSSR count). The zero-order valence-electron chi connectivity index (χ0n) is 15.4. The van der Waals surface area contributed by atoms with Crippen molar-refractivity contribution in [3.63, 3.8) is 0 Å². The van der Waals surface area contributed by atoms with Gasteiger partial charge in [0.05, 0.1) is 34.2 Å². The zero-order chi connectivity index (χ0) is 21.3. The molecular formula is C20H16ClF3N2O3. The van der Waals surface area contributed by atoms with Gasteiger partial charge < -0.3 is 9.84 Å². The fraction of sp³-hybridized carbons (Fsp3) is 0.200. The number of halogens is 4. The van der Waals surface area contributed by atoms with Crippen LogP contribution in [-0.4, -0.2) is 23.3 Å². The van der Waals surface area contributed by atoms with Gasteiger partial charge >= 0.3 is 6.18 Å². The van der Waals surface area contributed by atoms with Gasteiger partial charge in [0.15, 0.2) is 11.5 Å². The highest BCUT2D eigenvalue weighted by molar-refractivity contribution is 6.33. The van der Waals surface area contributed by atoms with Crippen LogP contribution in [0.2, 0.25) is 5.02 Å². The van der Waals surface area contributed by atoms with Gasteiger partial charge in [-0.3, -0.25) is 4.79 Å². The van der Waals surface area contributed by atoms with Crippen LogP contribution in [0.4, 0.5) is 18.9 Å². The summed E-state index contributed by atoms with van der Waals surface area (Å²) in [4.78, 5) is 12.8. The molecule has 0 unspecified atom stereocenters. The van der Waals surface area contributed by atoms with E-state index in [0.717, 1.165) is 17.1 Å². The summed E-state index contributed by atoms with van der Waals surface area (Å²) in [6.07, 6.45) is -3.04. The number of aromatic hydroxyl groups is 1. The number of alkyl halides is 3. The predicted octanol–water partition coefficient (Wildman–Crippen LogP) is 5.27. The van der Waals surface area contributed by atoms with Crippen LogP contribution in [0.5, 0.6) is 11.5 Å². The Balaban J connectivity index is 1.97. The first-order valence-corrected chi connectivity index (χ1v) is 8.94. The molecule has 0 saturated heterocycles. The van der Waals surface area contributed by atoms with Crippen molar-refractivity contribution in [3.8, 4) is 11.5 Å². The minimum atomic E-state index is -4.53. The van der Waals surface area contributed by atoms with Crippen molar-refractivity contribution in [1.29, 1.82) is 0 Å². The summed E-state index contributed by atoms with van der Waals surface area (Å²) in [5.74, 6) is -0.644. The first kappa shape index (κ1) is 20.7. The molecule has 0 atom stereocenters. The standard InChI is InChI=1S/C20H16ClF3N2O3/c1-3-29-17-9-12(8-16(21)18(17)27)7-15-11(2)25-26(19(15)28)14-6-4-5-13(10-14)20(22,23)24/h4-10,27H,3H2,1-2H3. The van der Waals surface area contributed by atoms with Gasteiger partial charge in [0, 0.05) is 0 Å². The molecule has 1 aliphatic heterocycles. The third-order valence-corrected chi connectivity index (χ3v) is 4.43. The maximum Gasteiger partial charge on any atom is 0.416 e. The van der Waals surface area contributed by atoms with E-state index in [1.54, 1.807) is 13.8 Å². The van der Waals surface area contributed by atoms with Gasteiger partial charge in [-0.05, 0) is 55.8 Å². The lowest BCUT2D eigenvalue weighted by atomic mass is 10.1. The Morgan fingerprint density at radius 2 is 2.00 bits per heavy atom. The predicted molar refractivity (Wildman–Crippen MR) is 104 cm³/mol. The number of anilines is 1. The maximum absolute atomic E-state index is 13.0. The molecule has 1 amide bonds. The maximum atomic E-state index is 13.0. The van der Waals surface area contributed by atoms with E-state index in [0.29, 0.717) is 17.9 Å². The van der Waals surface area contributed by atoms with Crippen molar-refractivity contribution >= 4 is 35.0 Å². The molecule has 0 aromatic heterocycles. The Morgan fingerprint density at radius 3 is 2.66 bits per heavy atom. The molecule has 1 heterocycles. The SMILES string of the molecule is CCOc1cc(C=C2C(=O)N(c3cccc(C(F)(F)F)c3)N=C2C)cc(Cl)c1O. The number of phenolic OH excluding ortho intramolecular Hbond substituents is 1. The monoisotopic (exact) mass is 424 g/mol. The van der Waals surface area contributed by atoms with Crippen molar-refractivity contribution in [3.05, 3.63) is 58.1 Å². The molecule has 0 radical (unpaired) electrons. The molecule has 2 aromatic carbocycles. The zero-order valence-corrected chi connectivity index (χ0v) is 16.2. The van der Waals surface area contributed by atoms with E-state index < -0.39 is 17.6 Å². The highest BCUT2D eigenvalue weighted by atomic mass is 35.5. The number of amides is 1. The van der Waals surface area contributed by atoms with Gasteiger partial charge in [-0.1, -0.05) is 17.7 Å². The summed E-state index contributed by atoms with van der Waals surface area (Å²) >= 11 is 6.01. The van der Waals surface area contributed by atoms with E-state index in [1.165, 1.54) is 30.3 Å². The number of rotatable bonds is 4. The van der Waals surface area contributed by atoms with E-state index in [2.05, 4.69) is 5.10 Å². The third kappa shape index (κ3) is 4.22. The average Bonchev–Trinajstić information content (AvgIpc) is 2.93. The minimum absolute atomic E-state index is 0.00585. The fourth-order valence-corrected chi connectivity index (χ4v) is 3.00. The second kappa shape index (κ2) is 7.79. The lowest BCUT2D eigenvalue weighted by Crippen LogP contribution is -2.21. The van der Waals surface area contributed by atoms with Crippen molar-refractivity contribution in [2.24, 2.45) is 5.10 Å².